The molecule has 0 nitrogen and oxygen atoms in total. The van der Waals surface area contributed by atoms with Gasteiger partial charge in [0.2, 0.25) is 0 Å². The molecule has 0 atom stereocenters. The van der Waals surface area contributed by atoms with Crippen LogP contribution in [0.25, 0.3) is 0 Å². The number of hydrogen-bond acceptors (Lipinski definition) is 0. The third-order valence-corrected chi connectivity index (χ3v) is 0. The first-order chi connectivity index (χ1) is 0. The summed E-state index contributed by atoms with van der Waals surface area (Å²) in [6, 6.07) is 0. The van der Waals surface area contributed by atoms with Crippen LogP contribution in [0.15, 0.2) is 0 Å². The summed E-state index contributed by atoms with van der Waals surface area (Å²) in [4.78, 5) is 0. The normalized spacial score (nSPS) is 0. The Bertz CT molecular complexity index is 8.00. The molecule has 0 bridgehead atoms. The van der Waals surface area contributed by atoms with E-state index in [0.29, 0.717) is 0 Å². The summed E-state index contributed by atoms with van der Waals surface area (Å²) >= 11 is 0. The molecule has 0 spiro atoms. The quantitative estimate of drug-likeness (QED) is 0.416. The van der Waals surface area contributed by atoms with E-state index in [1.807, 2.05) is 0 Å². The monoisotopic (exact) mass is 439 g/mol. The van der Waals surface area contributed by atoms with Crippen LogP contribution in [0.4, 0.5) is 0 Å². The summed E-state index contributed by atoms with van der Waals surface area (Å²) in [5.41, 5.74) is 0. The van der Waals surface area contributed by atoms with Gasteiger partial charge in [-0.25, -0.2) is 0 Å². The summed E-state index contributed by atoms with van der Waals surface area (Å²) in [6.45, 7) is 0. The molecule has 0 rings (SSSR count). The van der Waals surface area contributed by atoms with Crippen molar-refractivity contribution in [2.45, 2.75) is 0 Å². The van der Waals surface area contributed by atoms with Crippen LogP contribution < -0.4 is 0 Å². The van der Waals surface area contributed by atoms with Gasteiger partial charge in [0.15, 0.2) is 0 Å². The first kappa shape index (κ1) is 25.6. The molecule has 0 heterocycles. The second kappa shape index (κ2) is 16.0. The molecule has 0 aromatic carbocycles. The Morgan fingerprint density at radius 1 is 1.00 bits per heavy atom. The van der Waals surface area contributed by atoms with Crippen molar-refractivity contribution in [2.75, 3.05) is 0 Å². The molecule has 0 aliphatic carbocycles. The van der Waals surface area contributed by atoms with Crippen molar-refractivity contribution < 1.29 is 80.6 Å². The van der Waals surface area contributed by atoms with Gasteiger partial charge in [0.05, 0.1) is 0 Å². The zero-order valence-corrected chi connectivity index (χ0v) is 14.6. The minimum Gasteiger partial charge on any atom is 0 e. The van der Waals surface area contributed by atoms with Gasteiger partial charge in [-0.2, -0.15) is 0 Å². The van der Waals surface area contributed by atoms with Gasteiger partial charge in [0.1, 0.15) is 0 Å². The maximum absolute atomic E-state index is 0. The van der Waals surface area contributed by atoms with E-state index in [2.05, 4.69) is 0 Å². The van der Waals surface area contributed by atoms with Crippen LogP contribution in [-0.4, -0.2) is 26.2 Å². The van der Waals surface area contributed by atoms with Crippen LogP contribution in [0.5, 0.6) is 0 Å². The maximum Gasteiger partial charge on any atom is 0 e. The van der Waals surface area contributed by atoms with Crippen molar-refractivity contribution in [3.05, 3.63) is 0 Å². The van der Waals surface area contributed by atoms with Gasteiger partial charge in [-0.15, -0.1) is 0 Å². The van der Waals surface area contributed by atoms with Crippen molar-refractivity contribution >= 4 is 26.2 Å². The van der Waals surface area contributed by atoms with Gasteiger partial charge in [0, 0.05) is 80.6 Å². The average Bonchev–Trinajstić information content (AvgIpc) is 0. The van der Waals surface area contributed by atoms with E-state index in [9.17, 15) is 0 Å². The number of hydrogen-bond donors (Lipinski definition) is 0. The van der Waals surface area contributed by atoms with Gasteiger partial charge in [-0.3, -0.25) is 0 Å². The van der Waals surface area contributed by atoms with E-state index in [4.69, 9.17) is 0 Å². The zero-order chi connectivity index (χ0) is 0. The largest absolute Gasteiger partial charge is 0 e. The van der Waals surface area contributed by atoms with Gasteiger partial charge >= 0.3 is 26.2 Å². The molecule has 4 heavy (non-hydrogen) atoms. The Morgan fingerprint density at radius 3 is 1.00 bits per heavy atom. The average molecular weight is 440 g/mol. The standard InChI is InChI=1S/Bi.Ti.Y.Zr.3H. The summed E-state index contributed by atoms with van der Waals surface area (Å²) in [7, 11) is 0. The summed E-state index contributed by atoms with van der Waals surface area (Å²) < 4.78 is 0. The third-order valence-electron chi connectivity index (χ3n) is 0. The van der Waals surface area contributed by atoms with E-state index in [0.717, 1.165) is 0 Å². The molecule has 0 aliphatic rings. The Labute approximate surface area is 104 Å². The molecule has 4 heteroatoms. The van der Waals surface area contributed by atoms with Crippen LogP contribution in [0, 0.1) is 0 Å². The first-order valence-electron chi connectivity index (χ1n) is 0. The minimum absolute atomic E-state index is 0. The Morgan fingerprint density at radius 2 is 1.00 bits per heavy atom. The van der Waals surface area contributed by atoms with Crippen molar-refractivity contribution in [2.24, 2.45) is 0 Å². The molecule has 0 saturated heterocycles. The number of rotatable bonds is 0. The summed E-state index contributed by atoms with van der Waals surface area (Å²) in [6.07, 6.45) is 0. The molecular formula is H3BiTiYZr. The Hall–Kier alpha value is 3.58. The fourth-order valence-corrected chi connectivity index (χ4v) is 0. The fourth-order valence-electron chi connectivity index (χ4n) is 0. The molecule has 0 aromatic heterocycles. The molecule has 0 saturated carbocycles. The SMILES string of the molecule is [BiH3].[Ti].[Y].[Zr]. The molecule has 19 valence electrons. The van der Waals surface area contributed by atoms with Gasteiger partial charge < -0.3 is 0 Å². The van der Waals surface area contributed by atoms with Gasteiger partial charge in [-0.1, -0.05) is 0 Å². The van der Waals surface area contributed by atoms with Gasteiger partial charge in [0.25, 0.3) is 0 Å². The van der Waals surface area contributed by atoms with E-state index in [-0.39, 0.29) is 107 Å². The van der Waals surface area contributed by atoms with Crippen LogP contribution >= 0.6 is 0 Å². The molecule has 0 unspecified atom stereocenters. The van der Waals surface area contributed by atoms with Gasteiger partial charge in [-0.05, 0) is 0 Å². The van der Waals surface area contributed by atoms with E-state index in [1.165, 1.54) is 0 Å². The summed E-state index contributed by atoms with van der Waals surface area (Å²) in [5, 5.41) is 0. The van der Waals surface area contributed by atoms with E-state index in [1.54, 1.807) is 0 Å². The zero-order valence-electron chi connectivity index (χ0n) is 2.28. The van der Waals surface area contributed by atoms with E-state index < -0.39 is 0 Å². The Balaban J connectivity index is 0. The predicted molar refractivity (Wildman–Crippen MR) is 9.94 cm³/mol. The van der Waals surface area contributed by atoms with Crippen molar-refractivity contribution in [1.29, 1.82) is 0 Å². The third kappa shape index (κ3) is 9.14. The molecule has 0 aromatic rings. The molecule has 0 N–H and O–H groups in total. The first-order valence-corrected chi connectivity index (χ1v) is 0. The van der Waals surface area contributed by atoms with Crippen LogP contribution in [0.3, 0.4) is 0 Å². The van der Waals surface area contributed by atoms with Crippen LogP contribution in [0.1, 0.15) is 0 Å². The molecule has 0 aliphatic heterocycles. The smallest absolute Gasteiger partial charge is 0 e. The molecule has 0 fully saturated rings. The molecule has 0 amide bonds. The molecule has 1 radical (unpaired) electrons. The Kier molecular flexibility index (Phi) is 102. The molecular weight excluding hydrogens is 437 g/mol. The second-order valence-electron chi connectivity index (χ2n) is 0. The van der Waals surface area contributed by atoms with Crippen molar-refractivity contribution in [1.82, 2.24) is 0 Å². The van der Waals surface area contributed by atoms with E-state index >= 15 is 0 Å². The second-order valence-corrected chi connectivity index (χ2v) is 0. The summed E-state index contributed by atoms with van der Waals surface area (Å²) in [5.74, 6) is 0. The topological polar surface area (TPSA) is 0 Å². The van der Waals surface area contributed by atoms with Crippen molar-refractivity contribution in [3.8, 4) is 0 Å². The maximum atomic E-state index is 0. The minimum atomic E-state index is 0. The fraction of sp³-hybridized carbons (Fsp3) is 0. The van der Waals surface area contributed by atoms with Crippen LogP contribution in [-0.2, 0) is 80.6 Å². The van der Waals surface area contributed by atoms with Crippen molar-refractivity contribution in [3.63, 3.8) is 0 Å². The predicted octanol–water partition coefficient (Wildman–Crippen LogP) is -1.19. The van der Waals surface area contributed by atoms with Crippen LogP contribution in [0.2, 0.25) is 0 Å².